The van der Waals surface area contributed by atoms with Gasteiger partial charge in [0.15, 0.2) is 0 Å². The predicted molar refractivity (Wildman–Crippen MR) is 75.5 cm³/mol. The molecule has 2 N–H and O–H groups in total. The van der Waals surface area contributed by atoms with Crippen LogP contribution in [0.3, 0.4) is 0 Å². The van der Waals surface area contributed by atoms with E-state index >= 15 is 0 Å². The third-order valence-electron chi connectivity index (χ3n) is 3.86. The Morgan fingerprint density at radius 3 is 2.47 bits per heavy atom. The minimum atomic E-state index is 0.916. The van der Waals surface area contributed by atoms with Gasteiger partial charge < -0.3 is 15.5 Å². The van der Waals surface area contributed by atoms with Gasteiger partial charge in [0.25, 0.3) is 0 Å². The zero-order valence-electron chi connectivity index (χ0n) is 11.8. The van der Waals surface area contributed by atoms with E-state index in [9.17, 15) is 0 Å². The Morgan fingerprint density at radius 2 is 1.82 bits per heavy atom. The van der Waals surface area contributed by atoms with Crippen molar-refractivity contribution in [3.63, 3.8) is 0 Å². The lowest BCUT2D eigenvalue weighted by Crippen LogP contribution is -2.34. The van der Waals surface area contributed by atoms with Gasteiger partial charge in [-0.25, -0.2) is 0 Å². The van der Waals surface area contributed by atoms with Crippen molar-refractivity contribution in [2.75, 3.05) is 45.8 Å². The van der Waals surface area contributed by atoms with Crippen LogP contribution in [0.25, 0.3) is 0 Å². The molecule has 0 aliphatic carbocycles. The summed E-state index contributed by atoms with van der Waals surface area (Å²) in [5, 5.41) is 7.04. The van der Waals surface area contributed by atoms with Gasteiger partial charge in [0, 0.05) is 0 Å². The van der Waals surface area contributed by atoms with Crippen molar-refractivity contribution in [2.24, 2.45) is 5.92 Å². The quantitative estimate of drug-likeness (QED) is 0.602. The van der Waals surface area contributed by atoms with Crippen molar-refractivity contribution < 1.29 is 0 Å². The molecule has 3 nitrogen and oxygen atoms in total. The van der Waals surface area contributed by atoms with E-state index in [1.807, 2.05) is 0 Å². The minimum absolute atomic E-state index is 0.916. The summed E-state index contributed by atoms with van der Waals surface area (Å²) in [6, 6.07) is 0. The van der Waals surface area contributed by atoms with Gasteiger partial charge in [-0.2, -0.15) is 0 Å². The Balaban J connectivity index is 1.86. The molecule has 0 radical (unpaired) electrons. The molecule has 0 bridgehead atoms. The zero-order valence-corrected chi connectivity index (χ0v) is 11.8. The van der Waals surface area contributed by atoms with Crippen LogP contribution >= 0.6 is 0 Å². The topological polar surface area (TPSA) is 27.3 Å². The molecule has 0 saturated carbocycles. The highest BCUT2D eigenvalue weighted by Gasteiger charge is 2.11. The predicted octanol–water partition coefficient (Wildman–Crippen LogP) is 1.70. The number of unbranched alkanes of at least 4 members (excludes halogenated alkanes) is 1. The van der Waals surface area contributed by atoms with Crippen LogP contribution in [0.1, 0.15) is 39.5 Å². The van der Waals surface area contributed by atoms with Crippen molar-refractivity contribution in [2.45, 2.75) is 39.5 Å². The molecule has 0 aromatic rings. The molecule has 1 aliphatic rings. The summed E-state index contributed by atoms with van der Waals surface area (Å²) in [6.07, 6.45) is 5.36. The standard InChI is InChI=1S/C14H31N3/c1-3-17(4-2)12-6-5-9-16-13-14-7-10-15-11-8-14/h14-16H,3-13H2,1-2H3. The third kappa shape index (κ3) is 7.02. The smallest absolute Gasteiger partial charge is 0.00185 e. The van der Waals surface area contributed by atoms with Crippen LogP contribution in [-0.4, -0.2) is 50.7 Å². The number of nitrogens with one attached hydrogen (secondary N) is 2. The summed E-state index contributed by atoms with van der Waals surface area (Å²) in [4.78, 5) is 2.51. The van der Waals surface area contributed by atoms with Gasteiger partial charge in [-0.1, -0.05) is 13.8 Å². The van der Waals surface area contributed by atoms with Crippen LogP contribution in [0.4, 0.5) is 0 Å². The maximum absolute atomic E-state index is 3.62. The minimum Gasteiger partial charge on any atom is -0.317 e. The molecule has 1 heterocycles. The largest absolute Gasteiger partial charge is 0.317 e. The van der Waals surface area contributed by atoms with Gasteiger partial charge in [0.2, 0.25) is 0 Å². The fourth-order valence-electron chi connectivity index (χ4n) is 2.52. The van der Waals surface area contributed by atoms with E-state index in [4.69, 9.17) is 0 Å². The number of rotatable bonds is 9. The highest BCUT2D eigenvalue weighted by Crippen LogP contribution is 2.09. The highest BCUT2D eigenvalue weighted by molar-refractivity contribution is 4.70. The lowest BCUT2D eigenvalue weighted by molar-refractivity contribution is 0.294. The number of piperidine rings is 1. The third-order valence-corrected chi connectivity index (χ3v) is 3.86. The van der Waals surface area contributed by atoms with E-state index in [2.05, 4.69) is 29.4 Å². The first-order chi connectivity index (χ1) is 8.36. The van der Waals surface area contributed by atoms with Crippen molar-refractivity contribution in [3.8, 4) is 0 Å². The molecule has 1 saturated heterocycles. The highest BCUT2D eigenvalue weighted by atomic mass is 15.1. The Labute approximate surface area is 107 Å². The van der Waals surface area contributed by atoms with Crippen molar-refractivity contribution in [1.29, 1.82) is 0 Å². The number of hydrogen-bond acceptors (Lipinski definition) is 3. The number of hydrogen-bond donors (Lipinski definition) is 2. The first kappa shape index (κ1) is 14.9. The fraction of sp³-hybridized carbons (Fsp3) is 1.00. The van der Waals surface area contributed by atoms with E-state index in [0.29, 0.717) is 0 Å². The Kier molecular flexibility index (Phi) is 8.67. The molecule has 0 atom stereocenters. The molecule has 0 amide bonds. The SMILES string of the molecule is CCN(CC)CCCCNCC1CCNCC1. The fourth-order valence-corrected chi connectivity index (χ4v) is 2.52. The molecule has 0 unspecified atom stereocenters. The van der Waals surface area contributed by atoms with Crippen LogP contribution in [0, 0.1) is 5.92 Å². The molecule has 17 heavy (non-hydrogen) atoms. The molecule has 102 valence electrons. The monoisotopic (exact) mass is 241 g/mol. The van der Waals surface area contributed by atoms with Crippen LogP contribution in [0.2, 0.25) is 0 Å². The normalized spacial score (nSPS) is 17.8. The summed E-state index contributed by atoms with van der Waals surface area (Å²) in [5.41, 5.74) is 0. The first-order valence-electron chi connectivity index (χ1n) is 7.50. The van der Waals surface area contributed by atoms with Crippen LogP contribution < -0.4 is 10.6 Å². The van der Waals surface area contributed by atoms with Crippen LogP contribution in [-0.2, 0) is 0 Å². The maximum atomic E-state index is 3.62. The van der Waals surface area contributed by atoms with Crippen molar-refractivity contribution in [3.05, 3.63) is 0 Å². The van der Waals surface area contributed by atoms with Crippen molar-refractivity contribution in [1.82, 2.24) is 15.5 Å². The average molecular weight is 241 g/mol. The second kappa shape index (κ2) is 9.86. The van der Waals surface area contributed by atoms with Gasteiger partial charge in [0.1, 0.15) is 0 Å². The second-order valence-electron chi connectivity index (χ2n) is 5.13. The lowest BCUT2D eigenvalue weighted by atomic mass is 9.98. The van der Waals surface area contributed by atoms with Gasteiger partial charge in [0.05, 0.1) is 0 Å². The van der Waals surface area contributed by atoms with E-state index in [1.165, 1.54) is 71.5 Å². The Hall–Kier alpha value is -0.120. The van der Waals surface area contributed by atoms with E-state index in [1.54, 1.807) is 0 Å². The zero-order chi connectivity index (χ0) is 12.3. The summed E-state index contributed by atoms with van der Waals surface area (Å²) in [5.74, 6) is 0.916. The molecule has 3 heteroatoms. The Morgan fingerprint density at radius 1 is 1.12 bits per heavy atom. The Bertz CT molecular complexity index is 163. The molecular weight excluding hydrogens is 210 g/mol. The molecule has 1 rings (SSSR count). The maximum Gasteiger partial charge on any atom is -0.00185 e. The molecular formula is C14H31N3. The lowest BCUT2D eigenvalue weighted by Gasteiger charge is -2.23. The van der Waals surface area contributed by atoms with Gasteiger partial charge in [-0.15, -0.1) is 0 Å². The molecule has 1 aliphatic heterocycles. The van der Waals surface area contributed by atoms with Gasteiger partial charge in [-0.05, 0) is 77.4 Å². The molecule has 1 fully saturated rings. The van der Waals surface area contributed by atoms with Crippen molar-refractivity contribution >= 4 is 0 Å². The first-order valence-corrected chi connectivity index (χ1v) is 7.50. The summed E-state index contributed by atoms with van der Waals surface area (Å²) >= 11 is 0. The summed E-state index contributed by atoms with van der Waals surface area (Å²) < 4.78 is 0. The molecule has 0 spiro atoms. The van der Waals surface area contributed by atoms with E-state index < -0.39 is 0 Å². The number of nitrogens with zero attached hydrogens (tertiary/aromatic N) is 1. The summed E-state index contributed by atoms with van der Waals surface area (Å²) in [6.45, 7) is 13.0. The molecule has 0 aromatic heterocycles. The van der Waals surface area contributed by atoms with E-state index in [-0.39, 0.29) is 0 Å². The van der Waals surface area contributed by atoms with Crippen LogP contribution in [0.15, 0.2) is 0 Å². The van der Waals surface area contributed by atoms with Gasteiger partial charge >= 0.3 is 0 Å². The molecule has 0 aromatic carbocycles. The van der Waals surface area contributed by atoms with Gasteiger partial charge in [-0.3, -0.25) is 0 Å². The second-order valence-corrected chi connectivity index (χ2v) is 5.13. The summed E-state index contributed by atoms with van der Waals surface area (Å²) in [7, 11) is 0. The average Bonchev–Trinajstić information content (AvgIpc) is 2.39. The van der Waals surface area contributed by atoms with E-state index in [0.717, 1.165) is 5.92 Å². The van der Waals surface area contributed by atoms with Crippen LogP contribution in [0.5, 0.6) is 0 Å².